The zero-order valence-electron chi connectivity index (χ0n) is 13.7. The van der Waals surface area contributed by atoms with Gasteiger partial charge in [-0.1, -0.05) is 0 Å². The van der Waals surface area contributed by atoms with Gasteiger partial charge in [-0.2, -0.15) is 0 Å². The zero-order chi connectivity index (χ0) is 17.1. The molecule has 1 aromatic heterocycles. The van der Waals surface area contributed by atoms with E-state index in [1.165, 1.54) is 7.11 Å². The van der Waals surface area contributed by atoms with Crippen molar-refractivity contribution >= 4 is 22.6 Å². The predicted molar refractivity (Wildman–Crippen MR) is 89.9 cm³/mol. The second-order valence-electron chi connectivity index (χ2n) is 5.65. The predicted octanol–water partition coefficient (Wildman–Crippen LogP) is 1.23. The molecule has 1 aromatic carbocycles. The first-order chi connectivity index (χ1) is 10.8. The highest BCUT2D eigenvalue weighted by Gasteiger charge is 2.15. The Morgan fingerprint density at radius 2 is 1.91 bits per heavy atom. The molecule has 7 nitrogen and oxygen atoms in total. The van der Waals surface area contributed by atoms with Crippen LogP contribution in [0.1, 0.15) is 10.5 Å². The Labute approximate surface area is 134 Å². The number of hydrogen-bond acceptors (Lipinski definition) is 5. The van der Waals surface area contributed by atoms with E-state index >= 15 is 0 Å². The summed E-state index contributed by atoms with van der Waals surface area (Å²) in [6, 6.07) is 4.50. The first-order valence-corrected chi connectivity index (χ1v) is 7.17. The van der Waals surface area contributed by atoms with Gasteiger partial charge in [0.25, 0.3) is 0 Å². The van der Waals surface area contributed by atoms with Crippen LogP contribution in [-0.4, -0.2) is 62.3 Å². The minimum Gasteiger partial charge on any atom is -0.497 e. The Morgan fingerprint density at radius 3 is 2.48 bits per heavy atom. The van der Waals surface area contributed by atoms with Gasteiger partial charge in [0.05, 0.1) is 23.7 Å². The fourth-order valence-electron chi connectivity index (χ4n) is 2.31. The van der Waals surface area contributed by atoms with E-state index in [4.69, 9.17) is 9.84 Å². The molecule has 2 rings (SSSR count). The lowest BCUT2D eigenvalue weighted by Gasteiger charge is -2.23. The van der Waals surface area contributed by atoms with Gasteiger partial charge < -0.3 is 24.6 Å². The van der Waals surface area contributed by atoms with Gasteiger partial charge in [-0.3, -0.25) is 4.79 Å². The first kappa shape index (κ1) is 16.8. The van der Waals surface area contributed by atoms with Crippen molar-refractivity contribution in [3.8, 4) is 5.75 Å². The molecule has 0 saturated heterocycles. The van der Waals surface area contributed by atoms with Gasteiger partial charge in [-0.25, -0.2) is 4.79 Å². The van der Waals surface area contributed by atoms with Crippen LogP contribution in [0.15, 0.2) is 23.0 Å². The number of benzene rings is 1. The number of rotatable bonds is 6. The van der Waals surface area contributed by atoms with Crippen LogP contribution in [0.4, 0.5) is 5.69 Å². The lowest BCUT2D eigenvalue weighted by Crippen LogP contribution is -2.29. The molecular formula is C16H21N3O4. The van der Waals surface area contributed by atoms with Crippen molar-refractivity contribution in [2.45, 2.75) is 0 Å². The van der Waals surface area contributed by atoms with Crippen molar-refractivity contribution in [3.05, 3.63) is 34.1 Å². The van der Waals surface area contributed by atoms with E-state index in [2.05, 4.69) is 4.98 Å². The molecule has 0 saturated carbocycles. The number of aromatic amines is 1. The average molecular weight is 319 g/mol. The summed E-state index contributed by atoms with van der Waals surface area (Å²) in [5.41, 5.74) is 0.741. The molecule has 0 bridgehead atoms. The minimum atomic E-state index is -1.17. The zero-order valence-corrected chi connectivity index (χ0v) is 13.7. The van der Waals surface area contributed by atoms with E-state index in [1.54, 1.807) is 12.1 Å². The van der Waals surface area contributed by atoms with Gasteiger partial charge >= 0.3 is 5.97 Å². The highest BCUT2D eigenvalue weighted by atomic mass is 16.5. The maximum Gasteiger partial charge on any atom is 0.352 e. The quantitative estimate of drug-likeness (QED) is 0.833. The molecule has 0 radical (unpaired) electrons. The molecule has 0 unspecified atom stereocenters. The molecular weight excluding hydrogens is 298 g/mol. The fraction of sp³-hybridized carbons (Fsp3) is 0.375. The van der Waals surface area contributed by atoms with E-state index in [0.29, 0.717) is 23.2 Å². The number of methoxy groups -OCH3 is 1. The third-order valence-electron chi connectivity index (χ3n) is 3.65. The smallest absolute Gasteiger partial charge is 0.352 e. The normalized spacial score (nSPS) is 11.0. The largest absolute Gasteiger partial charge is 0.497 e. The number of carbonyl (C=O) groups is 1. The lowest BCUT2D eigenvalue weighted by molar-refractivity contribution is 0.0691. The molecule has 0 aliphatic heterocycles. The number of aromatic nitrogens is 1. The van der Waals surface area contributed by atoms with Crippen LogP contribution in [0.25, 0.3) is 10.9 Å². The van der Waals surface area contributed by atoms with Crippen molar-refractivity contribution in [2.75, 3.05) is 46.2 Å². The highest BCUT2D eigenvalue weighted by molar-refractivity contribution is 5.96. The van der Waals surface area contributed by atoms with Crippen LogP contribution < -0.4 is 15.1 Å². The number of hydrogen-bond donors (Lipinski definition) is 2. The molecule has 0 atom stereocenters. The number of nitrogens with one attached hydrogen (secondary N) is 1. The Morgan fingerprint density at radius 1 is 1.22 bits per heavy atom. The summed E-state index contributed by atoms with van der Waals surface area (Å²) in [5.74, 6) is -0.612. The Balaban J connectivity index is 2.64. The van der Waals surface area contributed by atoms with E-state index in [-0.39, 0.29) is 11.1 Å². The summed E-state index contributed by atoms with van der Waals surface area (Å²) < 4.78 is 5.27. The molecule has 0 spiro atoms. The average Bonchev–Trinajstić information content (AvgIpc) is 2.51. The van der Waals surface area contributed by atoms with Crippen LogP contribution in [0.3, 0.4) is 0 Å². The van der Waals surface area contributed by atoms with Crippen molar-refractivity contribution in [2.24, 2.45) is 0 Å². The summed E-state index contributed by atoms with van der Waals surface area (Å²) in [6.07, 6.45) is 0. The van der Waals surface area contributed by atoms with E-state index in [0.717, 1.165) is 18.3 Å². The second-order valence-corrected chi connectivity index (χ2v) is 5.65. The second kappa shape index (κ2) is 6.70. The van der Waals surface area contributed by atoms with E-state index < -0.39 is 5.97 Å². The van der Waals surface area contributed by atoms with Crippen LogP contribution in [-0.2, 0) is 0 Å². The summed E-state index contributed by atoms with van der Waals surface area (Å²) in [4.78, 5) is 30.3. The van der Waals surface area contributed by atoms with E-state index in [9.17, 15) is 9.59 Å². The van der Waals surface area contributed by atoms with Crippen LogP contribution >= 0.6 is 0 Å². The molecule has 2 N–H and O–H groups in total. The standard InChI is InChI=1S/C16H21N3O4/c1-18(2)5-6-19(3)13-8-10(23-4)7-11-14(20)9-12(16(21)22)17-15(11)13/h7-9H,5-6H2,1-4H3,(H,17,20)(H,21,22). The van der Waals surface area contributed by atoms with Gasteiger partial charge in [0.15, 0.2) is 5.43 Å². The molecule has 7 heteroatoms. The topological polar surface area (TPSA) is 85.9 Å². The number of pyridine rings is 1. The van der Waals surface area contributed by atoms with Crippen LogP contribution in [0.5, 0.6) is 5.75 Å². The number of carboxylic acid groups (broad SMARTS) is 1. The number of fused-ring (bicyclic) bond motifs is 1. The molecule has 0 aliphatic rings. The molecule has 0 fully saturated rings. The third kappa shape index (κ3) is 3.62. The molecule has 0 aliphatic carbocycles. The summed E-state index contributed by atoms with van der Waals surface area (Å²) in [6.45, 7) is 1.53. The number of ether oxygens (including phenoxy) is 1. The van der Waals surface area contributed by atoms with Crippen molar-refractivity contribution in [3.63, 3.8) is 0 Å². The summed E-state index contributed by atoms with van der Waals surface area (Å²) in [5, 5.41) is 9.56. The van der Waals surface area contributed by atoms with Gasteiger partial charge in [0.2, 0.25) is 0 Å². The Kier molecular flexibility index (Phi) is 4.90. The van der Waals surface area contributed by atoms with Gasteiger partial charge in [-0.05, 0) is 20.2 Å². The SMILES string of the molecule is COc1cc(N(C)CCN(C)C)c2[nH]c(C(=O)O)cc(=O)c2c1. The molecule has 2 aromatic rings. The Hall–Kier alpha value is -2.54. The highest BCUT2D eigenvalue weighted by Crippen LogP contribution is 2.28. The molecule has 124 valence electrons. The van der Waals surface area contributed by atoms with E-state index in [1.807, 2.05) is 30.9 Å². The summed E-state index contributed by atoms with van der Waals surface area (Å²) >= 11 is 0. The number of likely N-dealkylation sites (N-methyl/N-ethyl adjacent to an activating group) is 2. The maximum atomic E-state index is 12.2. The van der Waals surface area contributed by atoms with Crippen molar-refractivity contribution in [1.29, 1.82) is 0 Å². The monoisotopic (exact) mass is 319 g/mol. The number of carboxylic acids is 1. The maximum absolute atomic E-state index is 12.2. The third-order valence-corrected chi connectivity index (χ3v) is 3.65. The number of aromatic carboxylic acids is 1. The number of anilines is 1. The molecule has 0 amide bonds. The van der Waals surface area contributed by atoms with Gasteiger partial charge in [0.1, 0.15) is 11.4 Å². The van der Waals surface area contributed by atoms with Gasteiger partial charge in [0, 0.05) is 32.3 Å². The van der Waals surface area contributed by atoms with Crippen LogP contribution in [0.2, 0.25) is 0 Å². The summed E-state index contributed by atoms with van der Waals surface area (Å²) in [7, 11) is 7.37. The number of H-pyrrole nitrogens is 1. The molecule has 1 heterocycles. The van der Waals surface area contributed by atoms with Crippen LogP contribution in [0, 0.1) is 0 Å². The molecule has 23 heavy (non-hydrogen) atoms. The minimum absolute atomic E-state index is 0.130. The lowest BCUT2D eigenvalue weighted by atomic mass is 10.1. The van der Waals surface area contributed by atoms with Crippen molar-refractivity contribution < 1.29 is 14.6 Å². The Bertz CT molecular complexity index is 783. The number of nitrogens with zero attached hydrogens (tertiary/aromatic N) is 2. The van der Waals surface area contributed by atoms with Crippen molar-refractivity contribution in [1.82, 2.24) is 9.88 Å². The fourth-order valence-corrected chi connectivity index (χ4v) is 2.31. The first-order valence-electron chi connectivity index (χ1n) is 7.17. The van der Waals surface area contributed by atoms with Gasteiger partial charge in [-0.15, -0.1) is 0 Å².